The highest BCUT2D eigenvalue weighted by Crippen LogP contribution is 2.45. The highest BCUT2D eigenvalue weighted by molar-refractivity contribution is 7.25. The van der Waals surface area contributed by atoms with Gasteiger partial charge in [-0.25, -0.2) is 0 Å². The van der Waals surface area contributed by atoms with Crippen LogP contribution < -0.4 is 4.90 Å². The summed E-state index contributed by atoms with van der Waals surface area (Å²) in [5, 5.41) is 7.23. The molecule has 11 aromatic rings. The van der Waals surface area contributed by atoms with Gasteiger partial charge in [0.25, 0.3) is 0 Å². The Hall–Kier alpha value is -6.94. The van der Waals surface area contributed by atoms with Crippen molar-refractivity contribution in [3.05, 3.63) is 200 Å². The third-order valence-corrected chi connectivity index (χ3v) is 12.0. The van der Waals surface area contributed by atoms with Gasteiger partial charge >= 0.3 is 0 Å². The lowest BCUT2D eigenvalue weighted by atomic mass is 9.95. The zero-order chi connectivity index (χ0) is 36.3. The normalized spacial score (nSPS) is 11.6. The van der Waals surface area contributed by atoms with E-state index in [2.05, 4.69) is 205 Å². The predicted octanol–water partition coefficient (Wildman–Crippen LogP) is 15.6. The molecule has 2 nitrogen and oxygen atoms in total. The Morgan fingerprint density at radius 2 is 0.891 bits per heavy atom. The molecular formula is C52H33NOS. The van der Waals surface area contributed by atoms with E-state index in [0.29, 0.717) is 0 Å². The van der Waals surface area contributed by atoms with Gasteiger partial charge in [-0.05, 0) is 87.1 Å². The minimum absolute atomic E-state index is 0.861. The minimum atomic E-state index is 0.861. The maximum Gasteiger partial charge on any atom is 0.143 e. The average molecular weight is 720 g/mol. The number of fused-ring (bicyclic) bond motifs is 8. The van der Waals surface area contributed by atoms with Crippen LogP contribution in [0.2, 0.25) is 0 Å². The molecule has 0 aliphatic heterocycles. The van der Waals surface area contributed by atoms with E-state index in [1.54, 1.807) is 0 Å². The van der Waals surface area contributed by atoms with Gasteiger partial charge in [-0.15, -0.1) is 11.3 Å². The SMILES string of the molecule is c1ccc(-c2ccc(-c3cc4ccccc4c4c3oc3cc(N(c5ccc(-c6ccccc6)cc5)c5ccc6c(c5)sc5ccccc56)ccc34)cc2)cc1. The maximum absolute atomic E-state index is 6.99. The van der Waals surface area contributed by atoms with Crippen LogP contribution in [0.4, 0.5) is 17.1 Å². The van der Waals surface area contributed by atoms with Crippen LogP contribution in [0.1, 0.15) is 0 Å². The Morgan fingerprint density at radius 3 is 1.62 bits per heavy atom. The van der Waals surface area contributed by atoms with E-state index in [1.807, 2.05) is 11.3 Å². The average Bonchev–Trinajstić information content (AvgIpc) is 3.83. The molecule has 0 radical (unpaired) electrons. The minimum Gasteiger partial charge on any atom is -0.455 e. The molecule has 3 heteroatoms. The van der Waals surface area contributed by atoms with E-state index in [1.165, 1.54) is 53.2 Å². The van der Waals surface area contributed by atoms with Crippen molar-refractivity contribution >= 4 is 81.3 Å². The molecule has 0 bridgehead atoms. The smallest absolute Gasteiger partial charge is 0.143 e. The second-order valence-electron chi connectivity index (χ2n) is 14.1. The Kier molecular flexibility index (Phi) is 7.39. The number of anilines is 3. The first kappa shape index (κ1) is 31.6. The van der Waals surface area contributed by atoms with Crippen molar-refractivity contribution in [1.29, 1.82) is 0 Å². The summed E-state index contributed by atoms with van der Waals surface area (Å²) >= 11 is 1.84. The summed E-state index contributed by atoms with van der Waals surface area (Å²) in [4.78, 5) is 2.35. The Bertz CT molecular complexity index is 3180. The van der Waals surface area contributed by atoms with Crippen LogP contribution >= 0.6 is 11.3 Å². The molecule has 55 heavy (non-hydrogen) atoms. The van der Waals surface area contributed by atoms with Gasteiger partial charge < -0.3 is 9.32 Å². The lowest BCUT2D eigenvalue weighted by molar-refractivity contribution is 0.670. The topological polar surface area (TPSA) is 16.4 Å². The van der Waals surface area contributed by atoms with Crippen LogP contribution in [0.15, 0.2) is 205 Å². The first-order valence-electron chi connectivity index (χ1n) is 18.7. The summed E-state index contributed by atoms with van der Waals surface area (Å²) in [6, 6.07) is 72.0. The third-order valence-electron chi connectivity index (χ3n) is 10.9. The van der Waals surface area contributed by atoms with Gasteiger partial charge in [-0.1, -0.05) is 146 Å². The maximum atomic E-state index is 6.99. The number of benzene rings is 9. The van der Waals surface area contributed by atoms with Crippen molar-refractivity contribution < 1.29 is 4.42 Å². The largest absolute Gasteiger partial charge is 0.455 e. The van der Waals surface area contributed by atoms with Crippen molar-refractivity contribution in [1.82, 2.24) is 0 Å². The van der Waals surface area contributed by atoms with Crippen molar-refractivity contribution in [2.24, 2.45) is 0 Å². The second-order valence-corrected chi connectivity index (χ2v) is 15.2. The molecule has 0 unspecified atom stereocenters. The molecule has 0 spiro atoms. The number of thiophene rings is 1. The van der Waals surface area contributed by atoms with E-state index in [9.17, 15) is 0 Å². The van der Waals surface area contributed by atoms with Crippen molar-refractivity contribution in [2.45, 2.75) is 0 Å². The molecule has 0 aliphatic rings. The van der Waals surface area contributed by atoms with E-state index in [0.717, 1.165) is 50.1 Å². The van der Waals surface area contributed by atoms with Crippen molar-refractivity contribution in [2.75, 3.05) is 4.90 Å². The Balaban J connectivity index is 1.09. The molecule has 11 rings (SSSR count). The summed E-state index contributed by atoms with van der Waals surface area (Å²) < 4.78 is 9.55. The highest BCUT2D eigenvalue weighted by Gasteiger charge is 2.20. The molecule has 2 aromatic heterocycles. The van der Waals surface area contributed by atoms with Crippen molar-refractivity contribution in [3.63, 3.8) is 0 Å². The summed E-state index contributed by atoms with van der Waals surface area (Å²) in [5.41, 5.74) is 12.0. The number of furan rings is 1. The summed E-state index contributed by atoms with van der Waals surface area (Å²) in [7, 11) is 0. The first-order chi connectivity index (χ1) is 27.2. The van der Waals surface area contributed by atoms with Crippen LogP contribution in [0.5, 0.6) is 0 Å². The van der Waals surface area contributed by atoms with Gasteiger partial charge in [0, 0.05) is 59.6 Å². The zero-order valence-electron chi connectivity index (χ0n) is 29.8. The fourth-order valence-electron chi connectivity index (χ4n) is 8.17. The molecule has 0 amide bonds. The van der Waals surface area contributed by atoms with Gasteiger partial charge in [0.2, 0.25) is 0 Å². The summed E-state index contributed by atoms with van der Waals surface area (Å²) in [6.07, 6.45) is 0. The number of hydrogen-bond donors (Lipinski definition) is 0. The lowest BCUT2D eigenvalue weighted by Crippen LogP contribution is -2.09. The molecule has 2 heterocycles. The first-order valence-corrected chi connectivity index (χ1v) is 19.5. The highest BCUT2D eigenvalue weighted by atomic mass is 32.1. The molecule has 0 atom stereocenters. The molecule has 0 N–H and O–H groups in total. The number of nitrogens with zero attached hydrogens (tertiary/aromatic N) is 1. The lowest BCUT2D eigenvalue weighted by Gasteiger charge is -2.26. The van der Waals surface area contributed by atoms with Gasteiger partial charge in [0.15, 0.2) is 0 Å². The molecule has 0 fully saturated rings. The monoisotopic (exact) mass is 719 g/mol. The van der Waals surface area contributed by atoms with Crippen LogP contribution in [-0.4, -0.2) is 0 Å². The van der Waals surface area contributed by atoms with E-state index in [4.69, 9.17) is 4.42 Å². The van der Waals surface area contributed by atoms with E-state index in [-0.39, 0.29) is 0 Å². The molecule has 0 saturated heterocycles. The quantitative estimate of drug-likeness (QED) is 0.170. The zero-order valence-corrected chi connectivity index (χ0v) is 30.6. The predicted molar refractivity (Wildman–Crippen MR) is 235 cm³/mol. The third kappa shape index (κ3) is 5.40. The van der Waals surface area contributed by atoms with Crippen LogP contribution in [-0.2, 0) is 0 Å². The Morgan fingerprint density at radius 1 is 0.364 bits per heavy atom. The number of hydrogen-bond acceptors (Lipinski definition) is 3. The van der Waals surface area contributed by atoms with E-state index < -0.39 is 0 Å². The fourth-order valence-corrected chi connectivity index (χ4v) is 9.31. The fraction of sp³-hybridized carbons (Fsp3) is 0. The van der Waals surface area contributed by atoms with Crippen LogP contribution in [0, 0.1) is 0 Å². The van der Waals surface area contributed by atoms with Gasteiger partial charge in [0.1, 0.15) is 11.2 Å². The van der Waals surface area contributed by atoms with Gasteiger partial charge in [0.05, 0.1) is 0 Å². The van der Waals surface area contributed by atoms with E-state index >= 15 is 0 Å². The van der Waals surface area contributed by atoms with Gasteiger partial charge in [-0.3, -0.25) is 0 Å². The van der Waals surface area contributed by atoms with Crippen LogP contribution in [0.3, 0.4) is 0 Å². The molecule has 0 aliphatic carbocycles. The Labute approximate surface area is 322 Å². The molecule has 9 aromatic carbocycles. The standard InChI is InChI=1S/C52H33NOS/c1-3-11-34(12-4-1)36-19-21-38(22-20-36)47-31-39-15-7-8-16-43(39)51-46-30-28-41(32-48(46)54-52(47)51)53(40-25-23-37(24-26-40)35-13-5-2-6-14-35)42-27-29-45-44-17-9-10-18-49(44)55-50(45)33-42/h1-33H. The molecular weight excluding hydrogens is 687 g/mol. The van der Waals surface area contributed by atoms with Crippen molar-refractivity contribution in [3.8, 4) is 33.4 Å². The summed E-state index contributed by atoms with van der Waals surface area (Å²) in [5.74, 6) is 0. The second kappa shape index (κ2) is 12.9. The molecule has 258 valence electrons. The summed E-state index contributed by atoms with van der Waals surface area (Å²) in [6.45, 7) is 0. The van der Waals surface area contributed by atoms with Crippen LogP contribution in [0.25, 0.3) is 86.3 Å². The molecule has 0 saturated carbocycles. The number of rotatable bonds is 6. The van der Waals surface area contributed by atoms with Gasteiger partial charge in [-0.2, -0.15) is 0 Å².